The number of thiophene rings is 1. The van der Waals surface area contributed by atoms with E-state index in [4.69, 9.17) is 0 Å². The molecule has 1 aliphatic heterocycles. The third kappa shape index (κ3) is 2.58. The molecule has 0 saturated carbocycles. The van der Waals surface area contributed by atoms with Crippen LogP contribution in [-0.4, -0.2) is 44.1 Å². The van der Waals surface area contributed by atoms with Crippen LogP contribution in [0.15, 0.2) is 18.5 Å². The third-order valence-electron chi connectivity index (χ3n) is 4.71. The Labute approximate surface area is 143 Å². The highest BCUT2D eigenvalue weighted by atomic mass is 32.1. The van der Waals surface area contributed by atoms with Crippen LogP contribution in [-0.2, 0) is 0 Å². The van der Waals surface area contributed by atoms with E-state index < -0.39 is 0 Å². The number of hydrogen-bond acceptors (Lipinski definition) is 5. The van der Waals surface area contributed by atoms with Crippen LogP contribution in [0.1, 0.15) is 44.6 Å². The lowest BCUT2D eigenvalue weighted by Crippen LogP contribution is -2.39. The number of aryl methyl sites for hydroxylation is 2. The van der Waals surface area contributed by atoms with Crippen molar-refractivity contribution in [3.63, 3.8) is 0 Å². The highest BCUT2D eigenvalue weighted by Crippen LogP contribution is 2.31. The van der Waals surface area contributed by atoms with Crippen molar-refractivity contribution in [3.05, 3.63) is 39.5 Å². The minimum atomic E-state index is 0.135. The first-order chi connectivity index (χ1) is 11.6. The van der Waals surface area contributed by atoms with Crippen molar-refractivity contribution in [3.8, 4) is 0 Å². The fraction of sp³-hybridized carbons (Fsp3) is 0.412. The first-order valence-corrected chi connectivity index (χ1v) is 8.96. The van der Waals surface area contributed by atoms with Gasteiger partial charge in [-0.25, -0.2) is 9.97 Å². The average Bonchev–Trinajstić information content (AvgIpc) is 3.18. The molecule has 6 nitrogen and oxygen atoms in total. The molecule has 0 aromatic carbocycles. The molecule has 1 amide bonds. The Balaban J connectivity index is 1.58. The standard InChI is InChI=1S/C17H19N5OS/c1-10-8-13(24-11(10)2)17(23)22-7-3-4-12(9-22)14-15-16(21-20-14)19-6-5-18-15/h5-6,8,12H,3-4,7,9H2,1-2H3,(H,19,20,21). The molecule has 0 aliphatic carbocycles. The maximum Gasteiger partial charge on any atom is 0.263 e. The predicted octanol–water partition coefficient (Wildman–Crippen LogP) is 3.05. The van der Waals surface area contributed by atoms with Gasteiger partial charge in [-0.1, -0.05) is 0 Å². The third-order valence-corrected chi connectivity index (χ3v) is 5.85. The number of aromatic amines is 1. The van der Waals surface area contributed by atoms with Crippen molar-refractivity contribution in [1.82, 2.24) is 25.1 Å². The highest BCUT2D eigenvalue weighted by Gasteiger charge is 2.29. The molecule has 1 saturated heterocycles. The first kappa shape index (κ1) is 15.3. The first-order valence-electron chi connectivity index (χ1n) is 8.15. The molecule has 1 aliphatic rings. The fourth-order valence-corrected chi connectivity index (χ4v) is 4.29. The van der Waals surface area contributed by atoms with E-state index in [0.29, 0.717) is 12.2 Å². The maximum absolute atomic E-state index is 12.8. The lowest BCUT2D eigenvalue weighted by molar-refractivity contribution is 0.0711. The summed E-state index contributed by atoms with van der Waals surface area (Å²) in [6, 6.07) is 2.00. The van der Waals surface area contributed by atoms with Crippen LogP contribution in [0, 0.1) is 13.8 Å². The Morgan fingerprint density at radius 3 is 2.96 bits per heavy atom. The molecule has 0 radical (unpaired) electrons. The van der Waals surface area contributed by atoms with Crippen molar-refractivity contribution in [2.45, 2.75) is 32.6 Å². The van der Waals surface area contributed by atoms with Gasteiger partial charge in [0.2, 0.25) is 0 Å². The lowest BCUT2D eigenvalue weighted by atomic mass is 9.94. The number of hydrogen-bond donors (Lipinski definition) is 1. The van der Waals surface area contributed by atoms with Crippen LogP contribution in [0.3, 0.4) is 0 Å². The summed E-state index contributed by atoms with van der Waals surface area (Å²) in [4.78, 5) is 25.5. The van der Waals surface area contributed by atoms with E-state index in [1.165, 1.54) is 10.4 Å². The van der Waals surface area contributed by atoms with Gasteiger partial charge in [0.05, 0.1) is 10.6 Å². The van der Waals surface area contributed by atoms with E-state index in [0.717, 1.165) is 35.5 Å². The van der Waals surface area contributed by atoms with Gasteiger partial charge in [-0.3, -0.25) is 9.89 Å². The fourth-order valence-electron chi connectivity index (χ4n) is 3.28. The minimum absolute atomic E-state index is 0.135. The van der Waals surface area contributed by atoms with Crippen molar-refractivity contribution >= 4 is 28.4 Å². The Kier molecular flexibility index (Phi) is 3.80. The molecular formula is C17H19N5OS. The monoisotopic (exact) mass is 341 g/mol. The summed E-state index contributed by atoms with van der Waals surface area (Å²) in [5.41, 5.74) is 3.64. The zero-order valence-electron chi connectivity index (χ0n) is 13.7. The zero-order chi connectivity index (χ0) is 16.7. The normalized spacial score (nSPS) is 18.2. The van der Waals surface area contributed by atoms with E-state index in [-0.39, 0.29) is 11.8 Å². The topological polar surface area (TPSA) is 74.8 Å². The summed E-state index contributed by atoms with van der Waals surface area (Å²) < 4.78 is 0. The molecular weight excluding hydrogens is 322 g/mol. The second kappa shape index (κ2) is 5.98. The summed E-state index contributed by atoms with van der Waals surface area (Å²) in [5, 5.41) is 7.32. The van der Waals surface area contributed by atoms with E-state index in [2.05, 4.69) is 34.0 Å². The van der Waals surface area contributed by atoms with Crippen molar-refractivity contribution in [2.24, 2.45) is 0 Å². The van der Waals surface area contributed by atoms with Crippen LogP contribution < -0.4 is 0 Å². The smallest absolute Gasteiger partial charge is 0.263 e. The van der Waals surface area contributed by atoms with Gasteiger partial charge in [-0.15, -0.1) is 11.3 Å². The number of carbonyl (C=O) groups is 1. The van der Waals surface area contributed by atoms with Crippen LogP contribution in [0.2, 0.25) is 0 Å². The summed E-state index contributed by atoms with van der Waals surface area (Å²) in [6.45, 7) is 5.62. The second-order valence-electron chi connectivity index (χ2n) is 6.31. The molecule has 3 aromatic heterocycles. The number of rotatable bonds is 2. The number of nitrogens with one attached hydrogen (secondary N) is 1. The molecule has 4 heterocycles. The van der Waals surface area contributed by atoms with Gasteiger partial charge in [0.25, 0.3) is 5.91 Å². The van der Waals surface area contributed by atoms with Crippen molar-refractivity contribution in [2.75, 3.05) is 13.1 Å². The van der Waals surface area contributed by atoms with Crippen LogP contribution in [0.4, 0.5) is 0 Å². The number of aromatic nitrogens is 4. The van der Waals surface area contributed by atoms with Gasteiger partial charge in [0, 0.05) is 36.3 Å². The van der Waals surface area contributed by atoms with Crippen LogP contribution in [0.5, 0.6) is 0 Å². The zero-order valence-corrected chi connectivity index (χ0v) is 14.6. The van der Waals surface area contributed by atoms with E-state index >= 15 is 0 Å². The van der Waals surface area contributed by atoms with E-state index in [1.54, 1.807) is 23.7 Å². The average molecular weight is 341 g/mol. The van der Waals surface area contributed by atoms with Gasteiger partial charge < -0.3 is 4.90 Å². The SMILES string of the molecule is Cc1cc(C(=O)N2CCCC(c3[nH]nc4nccnc34)C2)sc1C. The Bertz CT molecular complexity index is 880. The Morgan fingerprint density at radius 2 is 2.17 bits per heavy atom. The number of likely N-dealkylation sites (tertiary alicyclic amines) is 1. The summed E-state index contributed by atoms with van der Waals surface area (Å²) >= 11 is 1.58. The van der Waals surface area contributed by atoms with Crippen LogP contribution in [0.25, 0.3) is 11.2 Å². The summed E-state index contributed by atoms with van der Waals surface area (Å²) in [6.07, 6.45) is 5.34. The highest BCUT2D eigenvalue weighted by molar-refractivity contribution is 7.14. The minimum Gasteiger partial charge on any atom is -0.337 e. The van der Waals surface area contributed by atoms with Gasteiger partial charge in [-0.2, -0.15) is 5.10 Å². The molecule has 7 heteroatoms. The number of piperidine rings is 1. The lowest BCUT2D eigenvalue weighted by Gasteiger charge is -2.32. The summed E-state index contributed by atoms with van der Waals surface area (Å²) in [5.74, 6) is 0.363. The molecule has 1 unspecified atom stereocenters. The molecule has 3 aromatic rings. The van der Waals surface area contributed by atoms with Crippen molar-refractivity contribution < 1.29 is 4.79 Å². The van der Waals surface area contributed by atoms with E-state index in [1.807, 2.05) is 11.0 Å². The Morgan fingerprint density at radius 1 is 1.33 bits per heavy atom. The molecule has 1 fully saturated rings. The molecule has 124 valence electrons. The second-order valence-corrected chi connectivity index (χ2v) is 7.56. The molecule has 24 heavy (non-hydrogen) atoms. The molecule has 1 atom stereocenters. The molecule has 4 rings (SSSR count). The van der Waals surface area contributed by atoms with Gasteiger partial charge in [-0.05, 0) is 38.3 Å². The van der Waals surface area contributed by atoms with Gasteiger partial charge >= 0.3 is 0 Å². The number of fused-ring (bicyclic) bond motifs is 1. The Hall–Kier alpha value is -2.28. The van der Waals surface area contributed by atoms with Crippen LogP contribution >= 0.6 is 11.3 Å². The number of H-pyrrole nitrogens is 1. The van der Waals surface area contributed by atoms with Gasteiger partial charge in [0.1, 0.15) is 5.52 Å². The predicted molar refractivity (Wildman–Crippen MR) is 93.4 cm³/mol. The molecule has 0 spiro atoms. The van der Waals surface area contributed by atoms with Gasteiger partial charge in [0.15, 0.2) is 5.65 Å². The largest absolute Gasteiger partial charge is 0.337 e. The van der Waals surface area contributed by atoms with E-state index in [9.17, 15) is 4.79 Å². The quantitative estimate of drug-likeness (QED) is 0.777. The van der Waals surface area contributed by atoms with Crippen molar-refractivity contribution in [1.29, 1.82) is 0 Å². The molecule has 1 N–H and O–H groups in total. The number of carbonyl (C=O) groups excluding carboxylic acids is 1. The number of nitrogens with zero attached hydrogens (tertiary/aromatic N) is 4. The maximum atomic E-state index is 12.8. The summed E-state index contributed by atoms with van der Waals surface area (Å²) in [7, 11) is 0. The molecule has 0 bridgehead atoms. The number of amides is 1.